The maximum atomic E-state index is 2.33. The summed E-state index contributed by atoms with van der Waals surface area (Å²) in [4.78, 5) is 0. The molecule has 0 heterocycles. The number of hydrogen-bond acceptors (Lipinski definition) is 0. The Morgan fingerprint density at radius 2 is 0.545 bits per heavy atom. The van der Waals surface area contributed by atoms with E-state index in [1.807, 2.05) is 6.07 Å². The van der Waals surface area contributed by atoms with Gasteiger partial charge in [-0.3, -0.25) is 0 Å². The summed E-state index contributed by atoms with van der Waals surface area (Å²) in [6.07, 6.45) is 1.10. The molecule has 0 saturated heterocycles. The van der Waals surface area contributed by atoms with Gasteiger partial charge < -0.3 is 0 Å². The van der Waals surface area contributed by atoms with Crippen LogP contribution >= 0.6 is 0 Å². The average Bonchev–Trinajstić information content (AvgIpc) is 1.59. The molecule has 112 heavy (non-hydrogen) atoms. The molecule has 0 fully saturated rings. The van der Waals surface area contributed by atoms with E-state index in [0.717, 1.165) is 6.42 Å². The third-order valence-corrected chi connectivity index (χ3v) is 23.3. The van der Waals surface area contributed by atoms with Crippen molar-refractivity contribution < 1.29 is 0 Å². The summed E-state index contributed by atoms with van der Waals surface area (Å²) in [5.41, 5.74) is 29.4. The fourth-order valence-corrected chi connectivity index (χ4v) is 17.5. The zero-order valence-electron chi connectivity index (χ0n) is 66.4. The Morgan fingerprint density at radius 3 is 1.21 bits per heavy atom. The van der Waals surface area contributed by atoms with Crippen molar-refractivity contribution in [2.75, 3.05) is 0 Å². The van der Waals surface area contributed by atoms with Crippen LogP contribution in [0.2, 0.25) is 0 Å². The summed E-state index contributed by atoms with van der Waals surface area (Å²) in [7, 11) is 0. The predicted octanol–water partition coefficient (Wildman–Crippen LogP) is 31.0. The first-order chi connectivity index (χ1) is 54.4. The minimum Gasteiger partial charge on any atom is -0.0622 e. The van der Waals surface area contributed by atoms with Crippen LogP contribution < -0.4 is 0 Å². The summed E-state index contributed by atoms with van der Waals surface area (Å²) in [5, 5.41) is 21.4. The van der Waals surface area contributed by atoms with Crippen molar-refractivity contribution in [3.63, 3.8) is 0 Å². The van der Waals surface area contributed by atoms with Gasteiger partial charge in [0, 0.05) is 10.8 Å². The fourth-order valence-electron chi connectivity index (χ4n) is 17.5. The Balaban J connectivity index is 0.0000000990. The van der Waals surface area contributed by atoms with Crippen LogP contribution in [-0.4, -0.2) is 0 Å². The van der Waals surface area contributed by atoms with Gasteiger partial charge in [-0.25, -0.2) is 0 Å². The molecule has 0 aromatic heterocycles. The number of benzene rings is 19. The van der Waals surface area contributed by atoms with Gasteiger partial charge in [0.15, 0.2) is 0 Å². The van der Waals surface area contributed by atoms with Gasteiger partial charge in [0.05, 0.1) is 0 Å². The topological polar surface area (TPSA) is 0 Å². The highest BCUT2D eigenvalue weighted by Crippen LogP contribution is 2.50. The Bertz CT molecular complexity index is 6700. The summed E-state index contributed by atoms with van der Waals surface area (Å²) < 4.78 is 0. The third kappa shape index (κ3) is 14.7. The van der Waals surface area contributed by atoms with Gasteiger partial charge >= 0.3 is 0 Å². The molecule has 0 saturated carbocycles. The molecule has 0 atom stereocenters. The maximum Gasteiger partial charge on any atom is 0.0158 e. The number of rotatable bonds is 1. The molecule has 0 bridgehead atoms. The van der Waals surface area contributed by atoms with Crippen LogP contribution in [-0.2, 0) is 17.3 Å². The van der Waals surface area contributed by atoms with Crippen molar-refractivity contribution in [3.8, 4) is 44.5 Å². The Labute approximate surface area is 662 Å². The monoisotopic (exact) mass is 1440 g/mol. The van der Waals surface area contributed by atoms with Crippen molar-refractivity contribution >= 4 is 86.2 Å². The summed E-state index contributed by atoms with van der Waals surface area (Å²) >= 11 is 0. The molecule has 3 aliphatic carbocycles. The molecular weight excluding hydrogens is 1350 g/mol. The van der Waals surface area contributed by atoms with Gasteiger partial charge in [-0.2, -0.15) is 0 Å². The zero-order chi connectivity index (χ0) is 77.2. The first-order valence-corrected chi connectivity index (χ1v) is 39.6. The standard InChI is InChI=1S/C19H14.C17H14.2C16H16.2C15H12.C14H12/c1-13-10-11-18-16-8-3-2-6-14(16)15-7-4-5-9-17(15)19(18)12-13;1-13-7-8-17-12-16(10-9-15(17)11-13)14-5-3-2-4-6-14;1-11-8-9-15-13(10-11)12-6-4-5-7-14(12)16(15,2)3;1-11-8-9-13-12-6-4-5-7-14(12)16(2,3)15(13)10-11;1-11-10-12-6-2-3-8-14(12)15-9-5-4-7-13(11)15;1-11-6-9-15-13(10-11)8-7-12-4-2-3-5-14(12)15;1-10-6-7-14-12(8-10)9-11-4-2-3-5-13(11)14/h2-12H,1H3;2-12H,1H3;2*4-10H,1-3H3;2*2-10H,1H3;2-8H,9H2,1H3. The highest BCUT2D eigenvalue weighted by atomic mass is 14.4. The lowest BCUT2D eigenvalue weighted by molar-refractivity contribution is 0.660. The van der Waals surface area contributed by atoms with E-state index in [0.29, 0.717) is 0 Å². The maximum absolute atomic E-state index is 2.33. The first kappa shape index (κ1) is 73.4. The molecule has 0 nitrogen and oxygen atoms in total. The summed E-state index contributed by atoms with van der Waals surface area (Å²) in [6.45, 7) is 24.3. The van der Waals surface area contributed by atoms with Crippen molar-refractivity contribution in [2.24, 2.45) is 0 Å². The van der Waals surface area contributed by atoms with Crippen LogP contribution in [0.3, 0.4) is 0 Å². The van der Waals surface area contributed by atoms with Gasteiger partial charge in [-0.05, 0) is 231 Å². The lowest BCUT2D eigenvalue weighted by atomic mass is 9.82. The lowest BCUT2D eigenvalue weighted by Crippen LogP contribution is -2.14. The van der Waals surface area contributed by atoms with Crippen LogP contribution in [0, 0.1) is 48.5 Å². The number of aryl methyl sites for hydroxylation is 7. The molecule has 544 valence electrons. The Hall–Kier alpha value is -12.7. The molecule has 0 amide bonds. The SMILES string of the molecule is Cc1cc2ccccc2c2ccccc12.Cc1ccc2c(c1)-c1ccccc1C2(C)C.Cc1ccc2c(c1)C(C)(C)c1ccccc1-2.Cc1ccc2c(c1)Cc1ccccc1-2.Cc1ccc2c(ccc3ccccc32)c1.Cc1ccc2c3ccccc3c3ccccc3c2c1.Cc1ccc2cc(-c3ccccc3)ccc2c1. The largest absolute Gasteiger partial charge is 0.0622 e. The molecule has 0 aliphatic heterocycles. The van der Waals surface area contributed by atoms with Crippen molar-refractivity contribution in [3.05, 3.63) is 442 Å². The number of hydrogen-bond donors (Lipinski definition) is 0. The van der Waals surface area contributed by atoms with E-state index in [2.05, 4.69) is 440 Å². The third-order valence-electron chi connectivity index (χ3n) is 23.3. The molecule has 0 unspecified atom stereocenters. The average molecular weight is 1440 g/mol. The van der Waals surface area contributed by atoms with Crippen LogP contribution in [0.4, 0.5) is 0 Å². The fraction of sp³-hybridized carbons (Fsp3) is 0.125. The highest BCUT2D eigenvalue weighted by molar-refractivity contribution is 6.25. The van der Waals surface area contributed by atoms with E-state index >= 15 is 0 Å². The highest BCUT2D eigenvalue weighted by Gasteiger charge is 2.36. The lowest BCUT2D eigenvalue weighted by Gasteiger charge is -2.21. The van der Waals surface area contributed by atoms with E-state index in [9.17, 15) is 0 Å². The van der Waals surface area contributed by atoms with Crippen LogP contribution in [0.15, 0.2) is 370 Å². The van der Waals surface area contributed by atoms with E-state index in [4.69, 9.17) is 0 Å². The van der Waals surface area contributed by atoms with Gasteiger partial charge in [0.1, 0.15) is 0 Å². The zero-order valence-corrected chi connectivity index (χ0v) is 66.4. The van der Waals surface area contributed by atoms with Crippen LogP contribution in [0.5, 0.6) is 0 Å². The number of fused-ring (bicyclic) bond motifs is 22. The van der Waals surface area contributed by atoms with Crippen molar-refractivity contribution in [1.82, 2.24) is 0 Å². The quantitative estimate of drug-likeness (QED) is 0.144. The van der Waals surface area contributed by atoms with Crippen LogP contribution in [0.25, 0.3) is 131 Å². The second kappa shape index (κ2) is 31.3. The second-order valence-corrected chi connectivity index (χ2v) is 32.0. The van der Waals surface area contributed by atoms with E-state index in [-0.39, 0.29) is 10.8 Å². The van der Waals surface area contributed by atoms with Gasteiger partial charge in [-0.1, -0.05) is 425 Å². The minimum atomic E-state index is 0.151. The van der Waals surface area contributed by atoms with Crippen molar-refractivity contribution in [2.45, 2.75) is 93.4 Å². The van der Waals surface area contributed by atoms with Gasteiger partial charge in [0.2, 0.25) is 0 Å². The molecule has 0 radical (unpaired) electrons. The first-order valence-electron chi connectivity index (χ1n) is 39.6. The predicted molar refractivity (Wildman–Crippen MR) is 487 cm³/mol. The Morgan fingerprint density at radius 1 is 0.179 bits per heavy atom. The molecule has 19 aromatic carbocycles. The second-order valence-electron chi connectivity index (χ2n) is 32.0. The van der Waals surface area contributed by atoms with E-state index < -0.39 is 0 Å². The molecule has 3 aliphatic rings. The Kier molecular flexibility index (Phi) is 20.5. The summed E-state index contributed by atoms with van der Waals surface area (Å²) in [5.74, 6) is 0. The molecule has 19 aromatic rings. The smallest absolute Gasteiger partial charge is 0.0158 e. The molecule has 0 N–H and O–H groups in total. The summed E-state index contributed by atoms with van der Waals surface area (Å²) in [6, 6.07) is 133. The van der Waals surface area contributed by atoms with E-state index in [1.165, 1.54) is 203 Å². The van der Waals surface area contributed by atoms with Crippen LogP contribution in [0.1, 0.15) is 100 Å². The van der Waals surface area contributed by atoms with E-state index in [1.54, 1.807) is 0 Å². The molecule has 0 spiro atoms. The van der Waals surface area contributed by atoms with Gasteiger partial charge in [0.25, 0.3) is 0 Å². The normalized spacial score (nSPS) is 12.5. The molecule has 22 rings (SSSR count). The van der Waals surface area contributed by atoms with Crippen molar-refractivity contribution in [1.29, 1.82) is 0 Å². The molecular formula is C112H96. The van der Waals surface area contributed by atoms with Gasteiger partial charge in [-0.15, -0.1) is 0 Å². The minimum absolute atomic E-state index is 0.151. The molecule has 0 heteroatoms.